The van der Waals surface area contributed by atoms with Crippen LogP contribution in [0.5, 0.6) is 6.01 Å². The summed E-state index contributed by atoms with van der Waals surface area (Å²) >= 11 is 0. The number of amides is 1. The highest BCUT2D eigenvalue weighted by Crippen LogP contribution is 2.36. The smallest absolute Gasteiger partial charge is 0.316 e. The summed E-state index contributed by atoms with van der Waals surface area (Å²) in [6, 6.07) is 0.288. The van der Waals surface area contributed by atoms with Gasteiger partial charge in [-0.3, -0.25) is 4.79 Å². The summed E-state index contributed by atoms with van der Waals surface area (Å²) in [7, 11) is 1.51. The molecule has 2 heterocycles. The molecule has 1 aliphatic carbocycles. The molecule has 0 unspecified atom stereocenters. The van der Waals surface area contributed by atoms with Gasteiger partial charge in [-0.2, -0.15) is 0 Å². The van der Waals surface area contributed by atoms with Crippen molar-refractivity contribution in [1.82, 2.24) is 14.9 Å². The molecule has 0 spiro atoms. The Kier molecular flexibility index (Phi) is 3.42. The Bertz CT molecular complexity index is 539. The summed E-state index contributed by atoms with van der Waals surface area (Å²) < 4.78 is 4.91. The van der Waals surface area contributed by atoms with Crippen molar-refractivity contribution in [3.63, 3.8) is 0 Å². The molecule has 5 heteroatoms. The molecule has 1 amide bonds. The van der Waals surface area contributed by atoms with Crippen molar-refractivity contribution in [2.75, 3.05) is 20.2 Å². The minimum atomic E-state index is 0.0275. The van der Waals surface area contributed by atoms with Crippen molar-refractivity contribution < 1.29 is 9.53 Å². The zero-order valence-electron chi connectivity index (χ0n) is 11.9. The van der Waals surface area contributed by atoms with Crippen molar-refractivity contribution in [1.29, 1.82) is 0 Å². The minimum Gasteiger partial charge on any atom is -0.467 e. The molecule has 2 aliphatic rings. The van der Waals surface area contributed by atoms with Crippen molar-refractivity contribution in [3.05, 3.63) is 29.6 Å². The molecule has 1 aromatic heterocycles. The lowest BCUT2D eigenvalue weighted by atomic mass is 9.83. The van der Waals surface area contributed by atoms with Crippen LogP contribution in [-0.2, 0) is 0 Å². The predicted octanol–water partition coefficient (Wildman–Crippen LogP) is 1.91. The average Bonchev–Trinajstić information content (AvgIpc) is 2.89. The van der Waals surface area contributed by atoms with Crippen molar-refractivity contribution in [3.8, 4) is 6.01 Å². The molecular formula is C15H19N3O2. The zero-order chi connectivity index (χ0) is 14.1. The quantitative estimate of drug-likeness (QED) is 0.772. The number of aromatic nitrogens is 2. The van der Waals surface area contributed by atoms with Gasteiger partial charge >= 0.3 is 6.01 Å². The van der Waals surface area contributed by atoms with Gasteiger partial charge < -0.3 is 9.64 Å². The van der Waals surface area contributed by atoms with Gasteiger partial charge in [0, 0.05) is 25.5 Å². The Hall–Kier alpha value is -1.91. The molecule has 5 nitrogen and oxygen atoms in total. The summed E-state index contributed by atoms with van der Waals surface area (Å²) in [4.78, 5) is 22.4. The molecule has 3 rings (SSSR count). The van der Waals surface area contributed by atoms with Gasteiger partial charge in [0.25, 0.3) is 5.91 Å². The summed E-state index contributed by atoms with van der Waals surface area (Å²) in [6.07, 6.45) is 7.61. The van der Waals surface area contributed by atoms with E-state index in [1.54, 1.807) is 12.4 Å². The standard InChI is InChI=1S/C15H19N3O2/c1-10-3-4-11-8-18(9-12(11)5-10)14(19)13-6-16-15(20-2)17-7-13/h3,6-7,11-12H,4-5,8-9H2,1-2H3/t11-,12+/m0/s1. The van der Waals surface area contributed by atoms with Crippen molar-refractivity contribution in [2.24, 2.45) is 11.8 Å². The van der Waals surface area contributed by atoms with E-state index in [0.29, 0.717) is 17.4 Å². The van der Waals surface area contributed by atoms with Gasteiger partial charge in [0.15, 0.2) is 0 Å². The first kappa shape index (κ1) is 13.1. The first-order valence-corrected chi connectivity index (χ1v) is 6.98. The van der Waals surface area contributed by atoms with Crippen LogP contribution in [0.4, 0.5) is 0 Å². The number of hydrogen-bond acceptors (Lipinski definition) is 4. The van der Waals surface area contributed by atoms with E-state index < -0.39 is 0 Å². The van der Waals surface area contributed by atoms with E-state index in [2.05, 4.69) is 23.0 Å². The van der Waals surface area contributed by atoms with Crippen LogP contribution in [0.3, 0.4) is 0 Å². The number of fused-ring (bicyclic) bond motifs is 1. The second-order valence-corrected chi connectivity index (χ2v) is 5.68. The van der Waals surface area contributed by atoms with E-state index in [4.69, 9.17) is 4.74 Å². The van der Waals surface area contributed by atoms with Crippen LogP contribution in [0.15, 0.2) is 24.0 Å². The molecule has 1 aromatic rings. The fourth-order valence-electron chi connectivity index (χ4n) is 3.17. The number of carbonyl (C=O) groups is 1. The molecule has 20 heavy (non-hydrogen) atoms. The van der Waals surface area contributed by atoms with Gasteiger partial charge in [-0.1, -0.05) is 11.6 Å². The van der Waals surface area contributed by atoms with Gasteiger partial charge in [0.1, 0.15) is 0 Å². The number of hydrogen-bond donors (Lipinski definition) is 0. The Morgan fingerprint density at radius 1 is 1.30 bits per heavy atom. The maximum absolute atomic E-state index is 12.5. The molecule has 0 aromatic carbocycles. The lowest BCUT2D eigenvalue weighted by Gasteiger charge is -2.21. The second-order valence-electron chi connectivity index (χ2n) is 5.68. The van der Waals surface area contributed by atoms with Crippen molar-refractivity contribution in [2.45, 2.75) is 19.8 Å². The van der Waals surface area contributed by atoms with E-state index in [9.17, 15) is 4.79 Å². The van der Waals surface area contributed by atoms with E-state index in [1.165, 1.54) is 12.7 Å². The Labute approximate surface area is 118 Å². The molecule has 0 saturated carbocycles. The number of likely N-dealkylation sites (tertiary alicyclic amines) is 1. The summed E-state index contributed by atoms with van der Waals surface area (Å²) in [5.41, 5.74) is 1.99. The van der Waals surface area contributed by atoms with Crippen LogP contribution in [-0.4, -0.2) is 41.0 Å². The van der Waals surface area contributed by atoms with Gasteiger partial charge in [-0.25, -0.2) is 9.97 Å². The third-order valence-corrected chi connectivity index (χ3v) is 4.27. The summed E-state index contributed by atoms with van der Waals surface area (Å²) in [5.74, 6) is 1.25. The van der Waals surface area contributed by atoms with Gasteiger partial charge in [0.2, 0.25) is 0 Å². The molecular weight excluding hydrogens is 254 g/mol. The first-order valence-electron chi connectivity index (χ1n) is 6.98. The minimum absolute atomic E-state index is 0.0275. The highest BCUT2D eigenvalue weighted by atomic mass is 16.5. The average molecular weight is 273 g/mol. The van der Waals surface area contributed by atoms with Crippen LogP contribution in [0, 0.1) is 11.8 Å². The SMILES string of the molecule is COc1ncc(C(=O)N2C[C@H]3CC(C)=CC[C@H]3C2)cn1. The second kappa shape index (κ2) is 5.23. The van der Waals surface area contributed by atoms with E-state index in [0.717, 1.165) is 25.9 Å². The number of carbonyl (C=O) groups excluding carboxylic acids is 1. The molecule has 1 saturated heterocycles. The van der Waals surface area contributed by atoms with Crippen LogP contribution in [0.25, 0.3) is 0 Å². The molecule has 2 atom stereocenters. The van der Waals surface area contributed by atoms with Crippen LogP contribution >= 0.6 is 0 Å². The Morgan fingerprint density at radius 2 is 2.00 bits per heavy atom. The van der Waals surface area contributed by atoms with Crippen LogP contribution in [0.2, 0.25) is 0 Å². The van der Waals surface area contributed by atoms with Gasteiger partial charge in [-0.05, 0) is 31.6 Å². The highest BCUT2D eigenvalue weighted by Gasteiger charge is 2.36. The highest BCUT2D eigenvalue weighted by molar-refractivity contribution is 5.93. The van der Waals surface area contributed by atoms with E-state index in [1.807, 2.05) is 4.90 Å². The lowest BCUT2D eigenvalue weighted by molar-refractivity contribution is 0.0783. The summed E-state index contributed by atoms with van der Waals surface area (Å²) in [6.45, 7) is 3.87. The largest absolute Gasteiger partial charge is 0.467 e. The number of nitrogens with zero attached hydrogens (tertiary/aromatic N) is 3. The molecule has 1 fully saturated rings. The van der Waals surface area contributed by atoms with Gasteiger partial charge in [-0.15, -0.1) is 0 Å². The third-order valence-electron chi connectivity index (χ3n) is 4.27. The zero-order valence-corrected chi connectivity index (χ0v) is 11.9. The number of allylic oxidation sites excluding steroid dienone is 2. The maximum atomic E-state index is 12.5. The third kappa shape index (κ3) is 2.40. The molecule has 0 N–H and O–H groups in total. The summed E-state index contributed by atoms with van der Waals surface area (Å²) in [5, 5.41) is 0. The normalized spacial score (nSPS) is 25.1. The molecule has 0 bridgehead atoms. The fourth-order valence-corrected chi connectivity index (χ4v) is 3.17. The van der Waals surface area contributed by atoms with Crippen LogP contribution in [0.1, 0.15) is 30.1 Å². The monoisotopic (exact) mass is 273 g/mol. The fraction of sp³-hybridized carbons (Fsp3) is 0.533. The number of ether oxygens (including phenoxy) is 1. The lowest BCUT2D eigenvalue weighted by Crippen LogP contribution is -2.29. The van der Waals surface area contributed by atoms with Crippen LogP contribution < -0.4 is 4.74 Å². The molecule has 106 valence electrons. The maximum Gasteiger partial charge on any atom is 0.316 e. The van der Waals surface area contributed by atoms with Crippen molar-refractivity contribution >= 4 is 5.91 Å². The number of rotatable bonds is 2. The Morgan fingerprint density at radius 3 is 2.70 bits per heavy atom. The van der Waals surface area contributed by atoms with E-state index in [-0.39, 0.29) is 11.9 Å². The number of methoxy groups -OCH3 is 1. The molecule has 0 radical (unpaired) electrons. The first-order chi connectivity index (χ1) is 9.67. The predicted molar refractivity (Wildman–Crippen MR) is 74.5 cm³/mol. The van der Waals surface area contributed by atoms with Gasteiger partial charge in [0.05, 0.1) is 12.7 Å². The van der Waals surface area contributed by atoms with E-state index >= 15 is 0 Å². The Balaban J connectivity index is 1.69. The molecule has 1 aliphatic heterocycles. The topological polar surface area (TPSA) is 55.3 Å².